The van der Waals surface area contributed by atoms with Gasteiger partial charge in [-0.25, -0.2) is 9.18 Å². The molecule has 0 radical (unpaired) electrons. The number of anilines is 1. The first-order valence-electron chi connectivity index (χ1n) is 13.1. The highest BCUT2D eigenvalue weighted by molar-refractivity contribution is 6.00. The van der Waals surface area contributed by atoms with Crippen LogP contribution in [0.15, 0.2) is 72.9 Å². The van der Waals surface area contributed by atoms with Crippen molar-refractivity contribution in [3.63, 3.8) is 0 Å². The molecule has 1 unspecified atom stereocenters. The summed E-state index contributed by atoms with van der Waals surface area (Å²) in [6.45, 7) is 1.21. The number of ether oxygens (including phenoxy) is 2. The number of halogens is 1. The van der Waals surface area contributed by atoms with E-state index in [-0.39, 0.29) is 11.8 Å². The molecule has 202 valence electrons. The third-order valence-electron chi connectivity index (χ3n) is 7.44. The van der Waals surface area contributed by atoms with Crippen LogP contribution >= 0.6 is 0 Å². The largest absolute Gasteiger partial charge is 0.497 e. The van der Waals surface area contributed by atoms with Gasteiger partial charge in [-0.3, -0.25) is 4.98 Å². The monoisotopic (exact) mass is 528 g/mol. The summed E-state index contributed by atoms with van der Waals surface area (Å²) in [7, 11) is 3.32. The molecule has 8 heteroatoms. The van der Waals surface area contributed by atoms with E-state index < -0.39 is 5.54 Å². The van der Waals surface area contributed by atoms with Crippen molar-refractivity contribution in [1.29, 1.82) is 0 Å². The van der Waals surface area contributed by atoms with Crippen molar-refractivity contribution >= 4 is 22.6 Å². The van der Waals surface area contributed by atoms with Crippen molar-refractivity contribution in [3.05, 3.63) is 95.4 Å². The van der Waals surface area contributed by atoms with Crippen LogP contribution in [0.2, 0.25) is 0 Å². The number of hydrogen-bond acceptors (Lipinski definition) is 5. The van der Waals surface area contributed by atoms with Crippen molar-refractivity contribution in [3.8, 4) is 11.5 Å². The average Bonchev–Trinajstić information content (AvgIpc) is 2.96. The van der Waals surface area contributed by atoms with Crippen LogP contribution in [0.25, 0.3) is 10.9 Å². The van der Waals surface area contributed by atoms with E-state index in [1.165, 1.54) is 12.1 Å². The summed E-state index contributed by atoms with van der Waals surface area (Å²) in [6, 6.07) is 19.8. The third kappa shape index (κ3) is 5.81. The van der Waals surface area contributed by atoms with Gasteiger partial charge >= 0.3 is 6.03 Å². The lowest BCUT2D eigenvalue weighted by atomic mass is 9.75. The Morgan fingerprint density at radius 2 is 1.87 bits per heavy atom. The number of pyridine rings is 1. The lowest BCUT2D eigenvalue weighted by molar-refractivity contribution is 0.240. The van der Waals surface area contributed by atoms with Crippen LogP contribution in [0, 0.1) is 5.82 Å². The van der Waals surface area contributed by atoms with Crippen molar-refractivity contribution in [2.24, 2.45) is 0 Å². The molecular formula is C31H33FN4O3. The van der Waals surface area contributed by atoms with Crippen LogP contribution in [0.1, 0.15) is 29.5 Å². The Labute approximate surface area is 227 Å². The molecule has 7 nitrogen and oxygen atoms in total. The summed E-state index contributed by atoms with van der Waals surface area (Å²) in [4.78, 5) is 17.3. The Bertz CT molecular complexity index is 1440. The molecule has 2 heterocycles. The number of carbonyl (C=O) groups excluding carboxylic acids is 1. The van der Waals surface area contributed by atoms with Crippen molar-refractivity contribution in [1.82, 2.24) is 15.6 Å². The number of urea groups is 1. The Hall–Kier alpha value is -4.17. The summed E-state index contributed by atoms with van der Waals surface area (Å²) in [5.41, 5.74) is 4.36. The number of carbonyl (C=O) groups is 1. The van der Waals surface area contributed by atoms with Gasteiger partial charge in [0.2, 0.25) is 0 Å². The van der Waals surface area contributed by atoms with E-state index in [1.807, 2.05) is 42.5 Å². The van der Waals surface area contributed by atoms with Crippen molar-refractivity contribution in [2.75, 3.05) is 32.6 Å². The van der Waals surface area contributed by atoms with Crippen LogP contribution < -0.4 is 25.4 Å². The fourth-order valence-corrected chi connectivity index (χ4v) is 5.51. The minimum atomic E-state index is -0.462. The van der Waals surface area contributed by atoms with Crippen LogP contribution in [0.3, 0.4) is 0 Å². The minimum Gasteiger partial charge on any atom is -0.497 e. The first-order chi connectivity index (χ1) is 19.0. The smallest absolute Gasteiger partial charge is 0.319 e. The van der Waals surface area contributed by atoms with Gasteiger partial charge < -0.3 is 25.4 Å². The van der Waals surface area contributed by atoms with E-state index in [0.717, 1.165) is 64.9 Å². The third-order valence-corrected chi connectivity index (χ3v) is 7.44. The number of aryl methyl sites for hydroxylation is 1. The molecule has 4 aromatic rings. The predicted molar refractivity (Wildman–Crippen MR) is 151 cm³/mol. The summed E-state index contributed by atoms with van der Waals surface area (Å²) < 4.78 is 24.9. The molecule has 1 atom stereocenters. The Morgan fingerprint density at radius 1 is 1.05 bits per heavy atom. The first kappa shape index (κ1) is 26.4. The van der Waals surface area contributed by atoms with E-state index in [9.17, 15) is 9.18 Å². The number of rotatable bonds is 9. The van der Waals surface area contributed by atoms with E-state index in [2.05, 4.69) is 27.0 Å². The molecule has 3 aromatic carbocycles. The number of fused-ring (bicyclic) bond motifs is 2. The van der Waals surface area contributed by atoms with Gasteiger partial charge in [0, 0.05) is 41.8 Å². The zero-order valence-corrected chi connectivity index (χ0v) is 22.2. The zero-order chi connectivity index (χ0) is 27.2. The number of nitrogens with zero attached hydrogens (tertiary/aromatic N) is 1. The molecule has 0 spiro atoms. The van der Waals surface area contributed by atoms with Gasteiger partial charge in [-0.05, 0) is 67.1 Å². The topological polar surface area (TPSA) is 84.5 Å². The summed E-state index contributed by atoms with van der Waals surface area (Å²) in [6.07, 6.45) is 4.63. The molecule has 39 heavy (non-hydrogen) atoms. The summed E-state index contributed by atoms with van der Waals surface area (Å²) in [5, 5.41) is 10.6. The Balaban J connectivity index is 1.37. The van der Waals surface area contributed by atoms with Crippen molar-refractivity contribution in [2.45, 2.75) is 31.2 Å². The van der Waals surface area contributed by atoms with Gasteiger partial charge in [0.15, 0.2) is 0 Å². The Kier molecular flexibility index (Phi) is 7.93. The first-order valence-corrected chi connectivity index (χ1v) is 13.1. The second-order valence-electron chi connectivity index (χ2n) is 9.76. The number of amides is 2. The quantitative estimate of drug-likeness (QED) is 0.264. The van der Waals surface area contributed by atoms with Gasteiger partial charge in [0.25, 0.3) is 0 Å². The summed E-state index contributed by atoms with van der Waals surface area (Å²) >= 11 is 0. The molecule has 0 saturated carbocycles. The second-order valence-corrected chi connectivity index (χ2v) is 9.76. The second kappa shape index (κ2) is 11.7. The Morgan fingerprint density at radius 3 is 2.67 bits per heavy atom. The molecule has 1 aliphatic rings. The minimum absolute atomic E-state index is 0.249. The highest BCUT2D eigenvalue weighted by Crippen LogP contribution is 2.43. The maximum absolute atomic E-state index is 13.5. The number of aromatic nitrogens is 1. The van der Waals surface area contributed by atoms with Crippen LogP contribution in [0.4, 0.5) is 14.9 Å². The standard InChI is InChI=1S/C31H33FN4O3/c1-38-24-19-22-12-17-35-31(29(22)28(20-24)39-2,14-11-21-7-9-23(32)10-8-21)15-18-34-30(37)36-27-13-16-33-26-6-4-3-5-25(26)27/h3-10,13,16,19-20,35H,11-12,14-15,17-18H2,1-2H3,(H2,33,34,36,37). The predicted octanol–water partition coefficient (Wildman–Crippen LogP) is 5.58. The van der Waals surface area contributed by atoms with Crippen LogP contribution in [-0.2, 0) is 18.4 Å². The molecule has 0 fully saturated rings. The lowest BCUT2D eigenvalue weighted by Crippen LogP contribution is -2.50. The number of benzene rings is 3. The van der Waals surface area contributed by atoms with Crippen molar-refractivity contribution < 1.29 is 18.7 Å². The SMILES string of the molecule is COc1cc2c(c(OC)c1)C(CCNC(=O)Nc1ccnc3ccccc13)(CCc1ccc(F)cc1)NCC2. The molecule has 1 aliphatic heterocycles. The highest BCUT2D eigenvalue weighted by atomic mass is 19.1. The fraction of sp³-hybridized carbons (Fsp3) is 0.290. The van der Waals surface area contributed by atoms with Gasteiger partial charge in [-0.15, -0.1) is 0 Å². The van der Waals surface area contributed by atoms with Gasteiger partial charge in [-0.1, -0.05) is 30.3 Å². The van der Waals surface area contributed by atoms with E-state index >= 15 is 0 Å². The number of methoxy groups -OCH3 is 2. The van der Waals surface area contributed by atoms with E-state index in [1.54, 1.807) is 26.5 Å². The van der Waals surface area contributed by atoms with Gasteiger partial charge in [-0.2, -0.15) is 0 Å². The van der Waals surface area contributed by atoms with Crippen LogP contribution in [0.5, 0.6) is 11.5 Å². The van der Waals surface area contributed by atoms with Gasteiger partial charge in [0.05, 0.1) is 25.4 Å². The van der Waals surface area contributed by atoms with Crippen LogP contribution in [-0.4, -0.2) is 38.3 Å². The number of nitrogens with one attached hydrogen (secondary N) is 3. The molecule has 2 amide bonds. The molecular weight excluding hydrogens is 495 g/mol. The number of para-hydroxylation sites is 1. The normalized spacial score (nSPS) is 16.4. The zero-order valence-electron chi connectivity index (χ0n) is 22.2. The maximum Gasteiger partial charge on any atom is 0.319 e. The maximum atomic E-state index is 13.5. The van der Waals surface area contributed by atoms with E-state index in [4.69, 9.17) is 9.47 Å². The molecule has 0 aliphatic carbocycles. The molecule has 5 rings (SSSR count). The van der Waals surface area contributed by atoms with Gasteiger partial charge in [0.1, 0.15) is 17.3 Å². The number of hydrogen-bond donors (Lipinski definition) is 3. The van der Waals surface area contributed by atoms with E-state index in [0.29, 0.717) is 18.7 Å². The molecule has 1 aromatic heterocycles. The highest BCUT2D eigenvalue weighted by Gasteiger charge is 2.39. The average molecular weight is 529 g/mol. The lowest BCUT2D eigenvalue weighted by Gasteiger charge is -2.42. The molecule has 0 saturated heterocycles. The fourth-order valence-electron chi connectivity index (χ4n) is 5.51. The summed E-state index contributed by atoms with van der Waals surface area (Å²) in [5.74, 6) is 1.26. The molecule has 0 bridgehead atoms. The molecule has 3 N–H and O–H groups in total.